The largest absolute Gasteiger partial charge is 0.382 e. The Hall–Kier alpha value is -2.89. The average molecular weight is 377 g/mol. The molecule has 3 aromatic rings. The van der Waals surface area contributed by atoms with Crippen LogP contribution in [0.1, 0.15) is 32.1 Å². The van der Waals surface area contributed by atoms with Gasteiger partial charge < -0.3 is 15.2 Å². The number of aromatic nitrogens is 3. The number of pyridine rings is 1. The first kappa shape index (κ1) is 18.5. The van der Waals surface area contributed by atoms with Crippen LogP contribution in [0.2, 0.25) is 0 Å². The van der Waals surface area contributed by atoms with Crippen LogP contribution in [0, 0.1) is 5.92 Å². The molecular formula is C22H27N5O. The van der Waals surface area contributed by atoms with Crippen molar-refractivity contribution in [2.45, 2.75) is 44.7 Å². The van der Waals surface area contributed by atoms with E-state index in [-0.39, 0.29) is 11.8 Å². The zero-order valence-corrected chi connectivity index (χ0v) is 16.1. The number of rotatable bonds is 7. The van der Waals surface area contributed by atoms with Crippen molar-refractivity contribution in [3.8, 4) is 0 Å². The molecule has 0 aliphatic heterocycles. The van der Waals surface area contributed by atoms with E-state index in [0.717, 1.165) is 61.8 Å². The fourth-order valence-corrected chi connectivity index (χ4v) is 3.98. The van der Waals surface area contributed by atoms with Crippen molar-refractivity contribution < 1.29 is 4.79 Å². The molecule has 1 amide bonds. The molecule has 28 heavy (non-hydrogen) atoms. The van der Waals surface area contributed by atoms with Crippen LogP contribution < -0.4 is 10.6 Å². The second-order valence-electron chi connectivity index (χ2n) is 7.51. The maximum absolute atomic E-state index is 12.4. The van der Waals surface area contributed by atoms with Gasteiger partial charge in [0.15, 0.2) is 0 Å². The van der Waals surface area contributed by atoms with E-state index in [1.54, 1.807) is 6.20 Å². The summed E-state index contributed by atoms with van der Waals surface area (Å²) in [7, 11) is 0. The topological polar surface area (TPSA) is 71.8 Å². The Kier molecular flexibility index (Phi) is 5.85. The lowest BCUT2D eigenvalue weighted by molar-refractivity contribution is -0.125. The molecule has 0 unspecified atom stereocenters. The summed E-state index contributed by atoms with van der Waals surface area (Å²) >= 11 is 0. The summed E-state index contributed by atoms with van der Waals surface area (Å²) in [5.74, 6) is 0.346. The number of nitrogens with zero attached hydrogens (tertiary/aromatic N) is 3. The molecule has 6 nitrogen and oxygen atoms in total. The highest BCUT2D eigenvalue weighted by molar-refractivity contribution is 5.91. The predicted molar refractivity (Wildman–Crippen MR) is 111 cm³/mol. The summed E-state index contributed by atoms with van der Waals surface area (Å²) in [5, 5.41) is 7.93. The summed E-state index contributed by atoms with van der Waals surface area (Å²) in [5.41, 5.74) is 2.15. The first-order valence-electron chi connectivity index (χ1n) is 10.1. The monoisotopic (exact) mass is 377 g/mol. The molecule has 0 spiro atoms. The van der Waals surface area contributed by atoms with Crippen LogP contribution in [0.15, 0.2) is 55.2 Å². The normalized spacial score (nSPS) is 19.4. The Morgan fingerprint density at radius 1 is 1.11 bits per heavy atom. The first-order chi connectivity index (χ1) is 13.8. The maximum Gasteiger partial charge on any atom is 0.223 e. The Labute approximate surface area is 165 Å². The molecule has 0 bridgehead atoms. The van der Waals surface area contributed by atoms with Crippen LogP contribution >= 0.6 is 0 Å². The number of para-hydroxylation sites is 1. The van der Waals surface area contributed by atoms with Gasteiger partial charge in [-0.1, -0.05) is 18.2 Å². The van der Waals surface area contributed by atoms with Crippen LogP contribution in [-0.2, 0) is 11.3 Å². The molecule has 2 aromatic heterocycles. The van der Waals surface area contributed by atoms with Crippen molar-refractivity contribution in [1.29, 1.82) is 0 Å². The van der Waals surface area contributed by atoms with E-state index in [1.807, 2.05) is 47.6 Å². The third-order valence-corrected chi connectivity index (χ3v) is 5.56. The van der Waals surface area contributed by atoms with Crippen molar-refractivity contribution in [3.05, 3.63) is 55.2 Å². The van der Waals surface area contributed by atoms with Gasteiger partial charge in [-0.25, -0.2) is 4.98 Å². The predicted octanol–water partition coefficient (Wildman–Crippen LogP) is 3.61. The van der Waals surface area contributed by atoms with Gasteiger partial charge in [0, 0.05) is 54.7 Å². The Morgan fingerprint density at radius 2 is 1.96 bits per heavy atom. The quantitative estimate of drug-likeness (QED) is 0.617. The molecule has 6 heteroatoms. The van der Waals surface area contributed by atoms with Gasteiger partial charge in [-0.05, 0) is 44.2 Å². The second kappa shape index (κ2) is 8.87. The minimum absolute atomic E-state index is 0.139. The molecule has 0 atom stereocenters. The number of hydrogen-bond donors (Lipinski definition) is 2. The SMILES string of the molecule is O=C(NCCCn1ccnc1)C1CCC(Nc2ccnc3ccccc23)CC1. The minimum atomic E-state index is 0.139. The van der Waals surface area contributed by atoms with Crippen LogP contribution in [0.25, 0.3) is 10.9 Å². The number of anilines is 1. The molecule has 1 aliphatic carbocycles. The molecule has 2 heterocycles. The van der Waals surface area contributed by atoms with Gasteiger partial charge >= 0.3 is 0 Å². The van der Waals surface area contributed by atoms with Crippen LogP contribution in [-0.4, -0.2) is 33.0 Å². The number of benzene rings is 1. The molecule has 1 fully saturated rings. The van der Waals surface area contributed by atoms with Gasteiger partial charge in [0.05, 0.1) is 11.8 Å². The standard InChI is InChI=1S/C22H27N5O/c28-22(25-11-3-14-27-15-13-23-16-27)17-6-8-18(9-7-17)26-21-10-12-24-20-5-2-1-4-19(20)21/h1-2,4-5,10,12-13,15-18H,3,6-9,11,14H2,(H,24,26)(H,25,28). The Bertz CT molecular complexity index is 895. The summed E-state index contributed by atoms with van der Waals surface area (Å²) in [6.07, 6.45) is 12.2. The van der Waals surface area contributed by atoms with Gasteiger partial charge in [-0.2, -0.15) is 0 Å². The maximum atomic E-state index is 12.4. The lowest BCUT2D eigenvalue weighted by Gasteiger charge is -2.29. The molecule has 1 aromatic carbocycles. The fraction of sp³-hybridized carbons (Fsp3) is 0.409. The lowest BCUT2D eigenvalue weighted by Crippen LogP contribution is -2.36. The van der Waals surface area contributed by atoms with Crippen molar-refractivity contribution in [3.63, 3.8) is 0 Å². The zero-order valence-electron chi connectivity index (χ0n) is 16.1. The summed E-state index contributed by atoms with van der Waals surface area (Å²) in [6.45, 7) is 1.61. The van der Waals surface area contributed by atoms with Crippen LogP contribution in [0.3, 0.4) is 0 Å². The molecule has 1 aliphatic rings. The van der Waals surface area contributed by atoms with Crippen molar-refractivity contribution in [1.82, 2.24) is 19.9 Å². The van der Waals surface area contributed by atoms with Gasteiger partial charge in [0.25, 0.3) is 0 Å². The first-order valence-corrected chi connectivity index (χ1v) is 10.1. The molecule has 1 saturated carbocycles. The summed E-state index contributed by atoms with van der Waals surface area (Å²) in [6, 6.07) is 10.7. The number of carbonyl (C=O) groups excluding carboxylic acids is 1. The Morgan fingerprint density at radius 3 is 2.79 bits per heavy atom. The second-order valence-corrected chi connectivity index (χ2v) is 7.51. The summed E-state index contributed by atoms with van der Waals surface area (Å²) < 4.78 is 2.03. The van der Waals surface area contributed by atoms with Crippen LogP contribution in [0.4, 0.5) is 5.69 Å². The van der Waals surface area contributed by atoms with E-state index in [0.29, 0.717) is 6.04 Å². The Balaban J connectivity index is 1.22. The third-order valence-electron chi connectivity index (χ3n) is 5.56. The molecule has 2 N–H and O–H groups in total. The molecule has 4 rings (SSSR count). The molecule has 146 valence electrons. The van der Waals surface area contributed by atoms with E-state index in [4.69, 9.17) is 0 Å². The number of nitrogens with one attached hydrogen (secondary N) is 2. The summed E-state index contributed by atoms with van der Waals surface area (Å²) in [4.78, 5) is 20.9. The number of imidazole rings is 1. The smallest absolute Gasteiger partial charge is 0.223 e. The zero-order chi connectivity index (χ0) is 19.2. The fourth-order valence-electron chi connectivity index (χ4n) is 3.98. The highest BCUT2D eigenvalue weighted by Crippen LogP contribution is 2.29. The third kappa shape index (κ3) is 4.50. The highest BCUT2D eigenvalue weighted by atomic mass is 16.1. The van der Waals surface area contributed by atoms with E-state index < -0.39 is 0 Å². The number of aryl methyl sites for hydroxylation is 1. The van der Waals surface area contributed by atoms with Gasteiger partial charge in [-0.15, -0.1) is 0 Å². The highest BCUT2D eigenvalue weighted by Gasteiger charge is 2.26. The number of amides is 1. The number of hydrogen-bond acceptors (Lipinski definition) is 4. The number of carbonyl (C=O) groups is 1. The van der Waals surface area contributed by atoms with E-state index >= 15 is 0 Å². The molecular weight excluding hydrogens is 350 g/mol. The van der Waals surface area contributed by atoms with Gasteiger partial charge in [-0.3, -0.25) is 9.78 Å². The van der Waals surface area contributed by atoms with Crippen LogP contribution in [0.5, 0.6) is 0 Å². The lowest BCUT2D eigenvalue weighted by atomic mass is 9.85. The van der Waals surface area contributed by atoms with E-state index in [1.165, 1.54) is 0 Å². The average Bonchev–Trinajstić information content (AvgIpc) is 3.25. The minimum Gasteiger partial charge on any atom is -0.382 e. The molecule has 0 saturated heterocycles. The van der Waals surface area contributed by atoms with E-state index in [9.17, 15) is 4.79 Å². The van der Waals surface area contributed by atoms with Crippen molar-refractivity contribution in [2.24, 2.45) is 5.92 Å². The van der Waals surface area contributed by atoms with Gasteiger partial charge in [0.2, 0.25) is 5.91 Å². The van der Waals surface area contributed by atoms with Crippen molar-refractivity contribution >= 4 is 22.5 Å². The van der Waals surface area contributed by atoms with E-state index in [2.05, 4.69) is 26.7 Å². The van der Waals surface area contributed by atoms with Crippen molar-refractivity contribution in [2.75, 3.05) is 11.9 Å². The van der Waals surface area contributed by atoms with Gasteiger partial charge in [0.1, 0.15) is 0 Å². The number of fused-ring (bicyclic) bond motifs is 1. The molecule has 0 radical (unpaired) electrons.